The van der Waals surface area contributed by atoms with E-state index in [2.05, 4.69) is 19.2 Å². The Hall–Kier alpha value is -1.27. The third-order valence-corrected chi connectivity index (χ3v) is 1.73. The van der Waals surface area contributed by atoms with Gasteiger partial charge in [-0.1, -0.05) is 19.9 Å². The molecule has 0 rings (SSSR count). The van der Waals surface area contributed by atoms with Crippen molar-refractivity contribution in [3.63, 3.8) is 0 Å². The van der Waals surface area contributed by atoms with Gasteiger partial charge >= 0.3 is 5.97 Å². The Morgan fingerprint density at radius 3 is 2.64 bits per heavy atom. The van der Waals surface area contributed by atoms with Gasteiger partial charge in [-0.15, -0.1) is 5.73 Å². The number of allylic oxidation sites excluding steroid dienone is 2. The monoisotopic (exact) mass is 194 g/mol. The number of esters is 1. The van der Waals surface area contributed by atoms with Crippen LogP contribution in [0.3, 0.4) is 0 Å². The first-order chi connectivity index (χ1) is 6.74. The van der Waals surface area contributed by atoms with Gasteiger partial charge in [0.1, 0.15) is 0 Å². The quantitative estimate of drug-likeness (QED) is 0.281. The zero-order chi connectivity index (χ0) is 10.8. The Bertz CT molecular complexity index is 245. The van der Waals surface area contributed by atoms with Crippen LogP contribution in [-0.4, -0.2) is 12.6 Å². The number of ether oxygens (including phenoxy) is 1. The molecule has 0 unspecified atom stereocenters. The smallest absolute Gasteiger partial charge is 0.330 e. The Labute approximate surface area is 86.0 Å². The molecule has 0 atom stereocenters. The maximum absolute atomic E-state index is 11.0. The van der Waals surface area contributed by atoms with E-state index in [0.29, 0.717) is 6.61 Å². The van der Waals surface area contributed by atoms with E-state index in [9.17, 15) is 4.79 Å². The van der Waals surface area contributed by atoms with Crippen LogP contribution in [0.2, 0.25) is 0 Å². The highest BCUT2D eigenvalue weighted by Gasteiger charge is 1.95. The zero-order valence-electron chi connectivity index (χ0n) is 9.01. The molecule has 0 amide bonds. The molecule has 0 heterocycles. The molecule has 0 fully saturated rings. The van der Waals surface area contributed by atoms with Crippen molar-refractivity contribution in [2.75, 3.05) is 6.61 Å². The Morgan fingerprint density at radius 1 is 1.43 bits per heavy atom. The van der Waals surface area contributed by atoms with Crippen LogP contribution in [-0.2, 0) is 9.53 Å². The molecule has 14 heavy (non-hydrogen) atoms. The van der Waals surface area contributed by atoms with E-state index in [0.717, 1.165) is 24.8 Å². The molecule has 0 aromatic carbocycles. The Kier molecular flexibility index (Phi) is 7.58. The summed E-state index contributed by atoms with van der Waals surface area (Å²) in [5.41, 5.74) is 3.76. The molecule has 0 spiro atoms. The van der Waals surface area contributed by atoms with E-state index >= 15 is 0 Å². The van der Waals surface area contributed by atoms with Crippen molar-refractivity contribution < 1.29 is 9.53 Å². The molecular weight excluding hydrogens is 176 g/mol. The SMILES string of the molecule is C=C=C(/C=C/C(=O)OCC)CCCC. The average Bonchev–Trinajstić information content (AvgIpc) is 2.19. The number of carbonyl (C=O) groups is 1. The molecule has 0 radical (unpaired) electrons. The van der Waals surface area contributed by atoms with E-state index in [4.69, 9.17) is 4.74 Å². The predicted octanol–water partition coefficient (Wildman–Crippen LogP) is 3.01. The molecule has 78 valence electrons. The molecule has 0 aromatic heterocycles. The summed E-state index contributed by atoms with van der Waals surface area (Å²) >= 11 is 0. The first-order valence-electron chi connectivity index (χ1n) is 4.98. The van der Waals surface area contributed by atoms with E-state index in [1.807, 2.05) is 0 Å². The van der Waals surface area contributed by atoms with Gasteiger partial charge in [0.15, 0.2) is 0 Å². The van der Waals surface area contributed by atoms with E-state index < -0.39 is 0 Å². The molecular formula is C12H18O2. The van der Waals surface area contributed by atoms with Gasteiger partial charge in [-0.2, -0.15) is 0 Å². The predicted molar refractivity (Wildman–Crippen MR) is 58.0 cm³/mol. The molecule has 0 bridgehead atoms. The fourth-order valence-corrected chi connectivity index (χ4v) is 0.957. The maximum atomic E-state index is 11.0. The Balaban J connectivity index is 4.05. The number of hydrogen-bond donors (Lipinski definition) is 0. The highest BCUT2D eigenvalue weighted by molar-refractivity contribution is 5.82. The van der Waals surface area contributed by atoms with E-state index in [-0.39, 0.29) is 5.97 Å². The van der Waals surface area contributed by atoms with E-state index in [1.54, 1.807) is 13.0 Å². The minimum Gasteiger partial charge on any atom is -0.463 e. The minimum atomic E-state index is -0.309. The standard InChI is InChI=1S/C12H18O2/c1-4-7-8-11(5-2)9-10-12(13)14-6-3/h9-10H,2,4,6-8H2,1,3H3/b10-9+. The zero-order valence-corrected chi connectivity index (χ0v) is 9.01. The summed E-state index contributed by atoms with van der Waals surface area (Å²) in [7, 11) is 0. The van der Waals surface area contributed by atoms with Gasteiger partial charge in [-0.25, -0.2) is 4.79 Å². The lowest BCUT2D eigenvalue weighted by molar-refractivity contribution is -0.137. The van der Waals surface area contributed by atoms with Crippen molar-refractivity contribution >= 4 is 5.97 Å². The van der Waals surface area contributed by atoms with Crippen LogP contribution in [0, 0.1) is 0 Å². The van der Waals surface area contributed by atoms with Crippen molar-refractivity contribution in [2.45, 2.75) is 33.1 Å². The molecule has 0 aliphatic carbocycles. The fourth-order valence-electron chi connectivity index (χ4n) is 0.957. The third-order valence-electron chi connectivity index (χ3n) is 1.73. The summed E-state index contributed by atoms with van der Waals surface area (Å²) in [5, 5.41) is 0. The van der Waals surface area contributed by atoms with Gasteiger partial charge in [-0.05, 0) is 31.4 Å². The first-order valence-corrected chi connectivity index (χ1v) is 4.98. The fraction of sp³-hybridized carbons (Fsp3) is 0.500. The minimum absolute atomic E-state index is 0.309. The normalized spacial score (nSPS) is 9.86. The average molecular weight is 194 g/mol. The summed E-state index contributed by atoms with van der Waals surface area (Å²) in [6.07, 6.45) is 6.27. The number of rotatable bonds is 6. The first kappa shape index (κ1) is 12.7. The lowest BCUT2D eigenvalue weighted by Crippen LogP contribution is -1.98. The second-order valence-electron chi connectivity index (χ2n) is 2.89. The van der Waals surface area contributed by atoms with Crippen LogP contribution in [0.15, 0.2) is 30.0 Å². The number of carbonyl (C=O) groups excluding carboxylic acids is 1. The van der Waals surface area contributed by atoms with E-state index in [1.165, 1.54) is 6.08 Å². The highest BCUT2D eigenvalue weighted by Crippen LogP contribution is 2.06. The summed E-state index contributed by atoms with van der Waals surface area (Å²) in [6.45, 7) is 7.89. The maximum Gasteiger partial charge on any atom is 0.330 e. The van der Waals surface area contributed by atoms with Crippen molar-refractivity contribution in [1.29, 1.82) is 0 Å². The third kappa shape index (κ3) is 6.27. The number of unbranched alkanes of at least 4 members (excludes halogenated alkanes) is 1. The lowest BCUT2D eigenvalue weighted by Gasteiger charge is -1.97. The lowest BCUT2D eigenvalue weighted by atomic mass is 10.1. The molecule has 2 nitrogen and oxygen atoms in total. The molecule has 0 aromatic rings. The van der Waals surface area contributed by atoms with Crippen molar-refractivity contribution in [3.8, 4) is 0 Å². The number of hydrogen-bond acceptors (Lipinski definition) is 2. The van der Waals surface area contributed by atoms with Crippen LogP contribution in [0.5, 0.6) is 0 Å². The molecule has 2 heteroatoms. The van der Waals surface area contributed by atoms with Crippen LogP contribution >= 0.6 is 0 Å². The van der Waals surface area contributed by atoms with Crippen molar-refractivity contribution in [1.82, 2.24) is 0 Å². The van der Waals surface area contributed by atoms with Gasteiger partial charge in [0.05, 0.1) is 6.61 Å². The topological polar surface area (TPSA) is 26.3 Å². The highest BCUT2D eigenvalue weighted by atomic mass is 16.5. The van der Waals surface area contributed by atoms with Crippen molar-refractivity contribution in [2.24, 2.45) is 0 Å². The molecule has 0 saturated heterocycles. The Morgan fingerprint density at radius 2 is 2.14 bits per heavy atom. The largest absolute Gasteiger partial charge is 0.463 e. The van der Waals surface area contributed by atoms with Gasteiger partial charge in [0, 0.05) is 6.08 Å². The summed E-state index contributed by atoms with van der Waals surface area (Å²) in [6, 6.07) is 0. The van der Waals surface area contributed by atoms with Crippen LogP contribution in [0.4, 0.5) is 0 Å². The van der Waals surface area contributed by atoms with Crippen LogP contribution in [0.25, 0.3) is 0 Å². The van der Waals surface area contributed by atoms with Crippen molar-refractivity contribution in [3.05, 3.63) is 30.0 Å². The summed E-state index contributed by atoms with van der Waals surface area (Å²) in [4.78, 5) is 11.0. The molecule has 0 aliphatic heterocycles. The molecule has 0 N–H and O–H groups in total. The van der Waals surface area contributed by atoms with Gasteiger partial charge < -0.3 is 4.74 Å². The van der Waals surface area contributed by atoms with Gasteiger partial charge in [0.25, 0.3) is 0 Å². The van der Waals surface area contributed by atoms with Crippen LogP contribution in [0.1, 0.15) is 33.1 Å². The molecule has 0 aliphatic rings. The molecule has 0 saturated carbocycles. The van der Waals surface area contributed by atoms with Crippen LogP contribution < -0.4 is 0 Å². The summed E-state index contributed by atoms with van der Waals surface area (Å²) < 4.78 is 4.75. The summed E-state index contributed by atoms with van der Waals surface area (Å²) in [5.74, 6) is -0.309. The van der Waals surface area contributed by atoms with Gasteiger partial charge in [0.2, 0.25) is 0 Å². The second kappa shape index (κ2) is 8.33. The second-order valence-corrected chi connectivity index (χ2v) is 2.89. The van der Waals surface area contributed by atoms with Gasteiger partial charge in [-0.3, -0.25) is 0 Å².